The first kappa shape index (κ1) is 14.2. The molecule has 0 fully saturated rings. The van der Waals surface area contributed by atoms with Crippen LogP contribution in [0.1, 0.15) is 17.2 Å². The Morgan fingerprint density at radius 1 is 0.952 bits per heavy atom. The van der Waals surface area contributed by atoms with Crippen LogP contribution in [0.4, 0.5) is 4.39 Å². The summed E-state index contributed by atoms with van der Waals surface area (Å²) in [4.78, 5) is 0. The fourth-order valence-electron chi connectivity index (χ4n) is 2.50. The number of nitrogens with two attached hydrogens (primary N) is 1. The molecule has 0 spiro atoms. The van der Waals surface area contributed by atoms with Crippen molar-refractivity contribution in [3.63, 3.8) is 0 Å². The number of benzene rings is 3. The van der Waals surface area contributed by atoms with Gasteiger partial charge in [0, 0.05) is 10.5 Å². The summed E-state index contributed by atoms with van der Waals surface area (Å²) in [7, 11) is 0. The molecule has 1 nitrogen and oxygen atoms in total. The lowest BCUT2D eigenvalue weighted by molar-refractivity contribution is 0.622. The minimum absolute atomic E-state index is 0.139. The first-order valence-electron chi connectivity index (χ1n) is 6.81. The van der Waals surface area contributed by atoms with Crippen molar-refractivity contribution in [3.8, 4) is 0 Å². The van der Waals surface area contributed by atoms with E-state index >= 15 is 0 Å². The number of hydrogen-bond acceptors (Lipinski definition) is 1. The molecule has 106 valence electrons. The van der Waals surface area contributed by atoms with Gasteiger partial charge in [0.25, 0.3) is 0 Å². The molecular formula is C18H15BrFN. The van der Waals surface area contributed by atoms with Gasteiger partial charge in [0.1, 0.15) is 5.82 Å². The van der Waals surface area contributed by atoms with Crippen molar-refractivity contribution in [1.82, 2.24) is 0 Å². The van der Waals surface area contributed by atoms with Crippen molar-refractivity contribution in [3.05, 3.63) is 82.1 Å². The molecular weight excluding hydrogens is 329 g/mol. The fraction of sp³-hybridized carbons (Fsp3) is 0.111. The van der Waals surface area contributed by atoms with Crippen LogP contribution >= 0.6 is 15.9 Å². The summed E-state index contributed by atoms with van der Waals surface area (Å²) in [6, 6.07) is 18.8. The van der Waals surface area contributed by atoms with Crippen LogP contribution in [0.2, 0.25) is 0 Å². The summed E-state index contributed by atoms with van der Waals surface area (Å²) in [5.74, 6) is -0.219. The highest BCUT2D eigenvalue weighted by Gasteiger charge is 2.08. The third-order valence-electron chi connectivity index (χ3n) is 3.60. The number of rotatable bonds is 3. The van der Waals surface area contributed by atoms with Crippen LogP contribution in [0.15, 0.2) is 65.1 Å². The summed E-state index contributed by atoms with van der Waals surface area (Å²) >= 11 is 3.47. The van der Waals surface area contributed by atoms with E-state index in [0.717, 1.165) is 21.0 Å². The van der Waals surface area contributed by atoms with Gasteiger partial charge in [-0.05, 0) is 58.7 Å². The Morgan fingerprint density at radius 2 is 1.71 bits per heavy atom. The second-order valence-electron chi connectivity index (χ2n) is 5.19. The van der Waals surface area contributed by atoms with Gasteiger partial charge in [-0.25, -0.2) is 4.39 Å². The molecule has 3 aromatic carbocycles. The number of halogens is 2. The van der Waals surface area contributed by atoms with Crippen molar-refractivity contribution >= 4 is 26.7 Å². The third kappa shape index (κ3) is 3.31. The Bertz CT molecular complexity index is 785. The van der Waals surface area contributed by atoms with E-state index in [1.54, 1.807) is 6.07 Å². The molecule has 0 radical (unpaired) electrons. The Hall–Kier alpha value is -1.71. The lowest BCUT2D eigenvalue weighted by Gasteiger charge is -2.13. The van der Waals surface area contributed by atoms with Gasteiger partial charge in [-0.1, -0.05) is 46.3 Å². The van der Waals surface area contributed by atoms with Crippen molar-refractivity contribution in [2.45, 2.75) is 12.5 Å². The normalized spacial score (nSPS) is 12.5. The molecule has 21 heavy (non-hydrogen) atoms. The number of fused-ring (bicyclic) bond motifs is 1. The van der Waals surface area contributed by atoms with E-state index in [1.807, 2.05) is 18.2 Å². The molecule has 1 atom stereocenters. The predicted molar refractivity (Wildman–Crippen MR) is 88.7 cm³/mol. The molecule has 0 saturated heterocycles. The fourth-order valence-corrected chi connectivity index (χ4v) is 2.88. The smallest absolute Gasteiger partial charge is 0.123 e. The molecule has 2 N–H and O–H groups in total. The first-order chi connectivity index (χ1) is 10.1. The van der Waals surface area contributed by atoms with Gasteiger partial charge in [0.05, 0.1) is 0 Å². The standard InChI is InChI=1S/C18H15BrFN/c19-16-7-6-13-10-15(5-4-14(13)11-16)18(21)9-12-2-1-3-17(20)8-12/h1-8,10-11,18H,9,21H2. The van der Waals surface area contributed by atoms with Crippen LogP contribution in [0, 0.1) is 5.82 Å². The van der Waals surface area contributed by atoms with Gasteiger partial charge < -0.3 is 5.73 Å². The van der Waals surface area contributed by atoms with Gasteiger partial charge >= 0.3 is 0 Å². The molecule has 0 aliphatic heterocycles. The zero-order chi connectivity index (χ0) is 14.8. The summed E-state index contributed by atoms with van der Waals surface area (Å²) in [6.45, 7) is 0. The van der Waals surface area contributed by atoms with E-state index < -0.39 is 0 Å². The Morgan fingerprint density at radius 3 is 2.52 bits per heavy atom. The number of hydrogen-bond donors (Lipinski definition) is 1. The van der Waals surface area contributed by atoms with Crippen LogP contribution < -0.4 is 5.73 Å². The molecule has 0 aliphatic carbocycles. The molecule has 0 aliphatic rings. The average Bonchev–Trinajstić information content (AvgIpc) is 2.46. The van der Waals surface area contributed by atoms with E-state index in [1.165, 1.54) is 17.5 Å². The zero-order valence-electron chi connectivity index (χ0n) is 11.4. The van der Waals surface area contributed by atoms with Gasteiger partial charge in [0.15, 0.2) is 0 Å². The van der Waals surface area contributed by atoms with Crippen molar-refractivity contribution < 1.29 is 4.39 Å². The Balaban J connectivity index is 1.87. The van der Waals surface area contributed by atoms with E-state index in [2.05, 4.69) is 40.2 Å². The second-order valence-corrected chi connectivity index (χ2v) is 6.11. The predicted octanol–water partition coefficient (Wildman–Crippen LogP) is 4.98. The average molecular weight is 344 g/mol. The zero-order valence-corrected chi connectivity index (χ0v) is 13.0. The second kappa shape index (κ2) is 5.96. The minimum Gasteiger partial charge on any atom is -0.324 e. The van der Waals surface area contributed by atoms with Crippen LogP contribution in [0.5, 0.6) is 0 Å². The molecule has 3 heteroatoms. The maximum atomic E-state index is 13.2. The van der Waals surface area contributed by atoms with Crippen molar-refractivity contribution in [2.75, 3.05) is 0 Å². The van der Waals surface area contributed by atoms with E-state index in [9.17, 15) is 4.39 Å². The molecule has 3 rings (SSSR count). The van der Waals surface area contributed by atoms with Crippen LogP contribution in [0.3, 0.4) is 0 Å². The molecule has 1 unspecified atom stereocenters. The SMILES string of the molecule is NC(Cc1cccc(F)c1)c1ccc2cc(Br)ccc2c1. The summed E-state index contributed by atoms with van der Waals surface area (Å²) in [5, 5.41) is 2.33. The van der Waals surface area contributed by atoms with Crippen LogP contribution in [-0.2, 0) is 6.42 Å². The minimum atomic E-state index is -0.219. The monoisotopic (exact) mass is 343 g/mol. The lowest BCUT2D eigenvalue weighted by atomic mass is 9.97. The maximum Gasteiger partial charge on any atom is 0.123 e. The van der Waals surface area contributed by atoms with Crippen LogP contribution in [0.25, 0.3) is 10.8 Å². The molecule has 0 amide bonds. The molecule has 3 aromatic rings. The summed E-state index contributed by atoms with van der Waals surface area (Å²) in [5.41, 5.74) is 8.25. The summed E-state index contributed by atoms with van der Waals surface area (Å²) in [6.07, 6.45) is 0.625. The highest BCUT2D eigenvalue weighted by Crippen LogP contribution is 2.24. The highest BCUT2D eigenvalue weighted by atomic mass is 79.9. The quantitative estimate of drug-likeness (QED) is 0.712. The lowest BCUT2D eigenvalue weighted by Crippen LogP contribution is -2.13. The van der Waals surface area contributed by atoms with Crippen molar-refractivity contribution in [2.24, 2.45) is 5.73 Å². The van der Waals surface area contributed by atoms with E-state index in [0.29, 0.717) is 6.42 Å². The molecule has 0 heterocycles. The van der Waals surface area contributed by atoms with Gasteiger partial charge in [-0.3, -0.25) is 0 Å². The van der Waals surface area contributed by atoms with Gasteiger partial charge in [0.2, 0.25) is 0 Å². The Kier molecular flexibility index (Phi) is 4.04. The molecule has 0 bridgehead atoms. The van der Waals surface area contributed by atoms with Crippen molar-refractivity contribution in [1.29, 1.82) is 0 Å². The van der Waals surface area contributed by atoms with E-state index in [-0.39, 0.29) is 11.9 Å². The first-order valence-corrected chi connectivity index (χ1v) is 7.60. The highest BCUT2D eigenvalue weighted by molar-refractivity contribution is 9.10. The largest absolute Gasteiger partial charge is 0.324 e. The molecule has 0 aromatic heterocycles. The molecule has 0 saturated carbocycles. The van der Waals surface area contributed by atoms with Gasteiger partial charge in [-0.15, -0.1) is 0 Å². The summed E-state index contributed by atoms with van der Waals surface area (Å²) < 4.78 is 14.3. The Labute approximate surface area is 131 Å². The van der Waals surface area contributed by atoms with Gasteiger partial charge in [-0.2, -0.15) is 0 Å². The third-order valence-corrected chi connectivity index (χ3v) is 4.09. The topological polar surface area (TPSA) is 26.0 Å². The maximum absolute atomic E-state index is 13.2. The van der Waals surface area contributed by atoms with E-state index in [4.69, 9.17) is 5.73 Å². The van der Waals surface area contributed by atoms with Crippen LogP contribution in [-0.4, -0.2) is 0 Å².